The van der Waals surface area contributed by atoms with Crippen LogP contribution in [0.1, 0.15) is 24.0 Å². The molecule has 1 amide bonds. The van der Waals surface area contributed by atoms with Crippen molar-refractivity contribution in [3.8, 4) is 11.5 Å². The quantitative estimate of drug-likeness (QED) is 0.622. The Bertz CT molecular complexity index is 825. The van der Waals surface area contributed by atoms with Crippen LogP contribution >= 0.6 is 0 Å². The van der Waals surface area contributed by atoms with E-state index in [2.05, 4.69) is 17.2 Å². The molecule has 0 aliphatic heterocycles. The van der Waals surface area contributed by atoms with Crippen LogP contribution in [0.2, 0.25) is 0 Å². The highest BCUT2D eigenvalue weighted by Gasteiger charge is 2.02. The zero-order valence-electron chi connectivity index (χ0n) is 15.6. The summed E-state index contributed by atoms with van der Waals surface area (Å²) in [6.45, 7) is 3.51. The Morgan fingerprint density at radius 3 is 2.44 bits per heavy atom. The third-order valence-electron chi connectivity index (χ3n) is 4.30. The van der Waals surface area contributed by atoms with Crippen molar-refractivity contribution >= 4 is 5.91 Å². The summed E-state index contributed by atoms with van der Waals surface area (Å²) in [6, 6.07) is 16.0. The zero-order valence-corrected chi connectivity index (χ0v) is 15.6. The smallest absolute Gasteiger partial charge is 0.220 e. The Kier molecular flexibility index (Phi) is 6.63. The lowest BCUT2D eigenvalue weighted by atomic mass is 10.1. The van der Waals surface area contributed by atoms with E-state index in [1.54, 1.807) is 12.5 Å². The van der Waals surface area contributed by atoms with E-state index in [1.807, 2.05) is 59.3 Å². The number of hydrogen-bond acceptors (Lipinski definition) is 3. The molecule has 0 aliphatic carbocycles. The molecular weight excluding hydrogens is 338 g/mol. The lowest BCUT2D eigenvalue weighted by Gasteiger charge is -2.08. The maximum absolute atomic E-state index is 11.9. The van der Waals surface area contributed by atoms with E-state index in [-0.39, 0.29) is 5.91 Å². The number of aryl methyl sites for hydroxylation is 2. The first-order valence-corrected chi connectivity index (χ1v) is 9.25. The minimum atomic E-state index is 0.0921. The van der Waals surface area contributed by atoms with Gasteiger partial charge in [0.2, 0.25) is 5.91 Å². The SMILES string of the molecule is Cc1ccc(Oc2ccc(CCNC(=O)CCCn3ccnc3)cc2)cc1. The molecule has 5 nitrogen and oxygen atoms in total. The van der Waals surface area contributed by atoms with Crippen molar-refractivity contribution in [2.75, 3.05) is 6.54 Å². The van der Waals surface area contributed by atoms with Crippen molar-refractivity contribution in [2.24, 2.45) is 0 Å². The molecule has 0 saturated heterocycles. The predicted molar refractivity (Wildman–Crippen MR) is 106 cm³/mol. The van der Waals surface area contributed by atoms with Crippen LogP contribution in [0.25, 0.3) is 0 Å². The summed E-state index contributed by atoms with van der Waals surface area (Å²) in [4.78, 5) is 15.9. The molecule has 3 rings (SSSR count). The zero-order chi connectivity index (χ0) is 18.9. The summed E-state index contributed by atoms with van der Waals surface area (Å²) < 4.78 is 7.81. The molecule has 0 atom stereocenters. The molecule has 27 heavy (non-hydrogen) atoms. The van der Waals surface area contributed by atoms with Gasteiger partial charge >= 0.3 is 0 Å². The number of benzene rings is 2. The van der Waals surface area contributed by atoms with Gasteiger partial charge in [0.05, 0.1) is 6.33 Å². The maximum Gasteiger partial charge on any atom is 0.220 e. The lowest BCUT2D eigenvalue weighted by Crippen LogP contribution is -2.25. The summed E-state index contributed by atoms with van der Waals surface area (Å²) in [5, 5.41) is 2.98. The standard InChI is InChI=1S/C22H25N3O2/c1-18-4-8-20(9-5-18)27-21-10-6-19(7-11-21)12-13-24-22(26)3-2-15-25-16-14-23-17-25/h4-11,14,16-17H,2-3,12-13,15H2,1H3,(H,24,26). The van der Waals surface area contributed by atoms with Crippen LogP contribution in [0.4, 0.5) is 0 Å². The molecule has 1 aromatic heterocycles. The first-order chi connectivity index (χ1) is 13.2. The van der Waals surface area contributed by atoms with Crippen molar-refractivity contribution in [3.05, 3.63) is 78.4 Å². The number of ether oxygens (including phenoxy) is 1. The van der Waals surface area contributed by atoms with Gasteiger partial charge in [-0.15, -0.1) is 0 Å². The van der Waals surface area contributed by atoms with Crippen molar-refractivity contribution in [3.63, 3.8) is 0 Å². The predicted octanol–water partition coefficient (Wildman–Crippen LogP) is 4.12. The van der Waals surface area contributed by atoms with Gasteiger partial charge in [-0.25, -0.2) is 4.98 Å². The van der Waals surface area contributed by atoms with Crippen LogP contribution in [-0.2, 0) is 17.8 Å². The Morgan fingerprint density at radius 2 is 1.78 bits per heavy atom. The van der Waals surface area contributed by atoms with Crippen LogP contribution in [0.5, 0.6) is 11.5 Å². The molecular formula is C22H25N3O2. The lowest BCUT2D eigenvalue weighted by molar-refractivity contribution is -0.121. The van der Waals surface area contributed by atoms with E-state index in [1.165, 1.54) is 11.1 Å². The number of nitrogens with zero attached hydrogens (tertiary/aromatic N) is 2. The van der Waals surface area contributed by atoms with Crippen LogP contribution in [-0.4, -0.2) is 22.0 Å². The van der Waals surface area contributed by atoms with Gasteiger partial charge in [-0.3, -0.25) is 4.79 Å². The minimum Gasteiger partial charge on any atom is -0.457 e. The number of rotatable bonds is 9. The van der Waals surface area contributed by atoms with Crippen LogP contribution in [0.3, 0.4) is 0 Å². The Balaban J connectivity index is 1.35. The molecule has 140 valence electrons. The minimum absolute atomic E-state index is 0.0921. The summed E-state index contributed by atoms with van der Waals surface area (Å²) in [7, 11) is 0. The fraction of sp³-hybridized carbons (Fsp3) is 0.273. The Labute approximate surface area is 160 Å². The average Bonchev–Trinajstić information content (AvgIpc) is 3.18. The molecule has 0 radical (unpaired) electrons. The van der Waals surface area contributed by atoms with Crippen molar-refractivity contribution < 1.29 is 9.53 Å². The molecule has 3 aromatic rings. The number of carbonyl (C=O) groups excluding carboxylic acids is 1. The first kappa shape index (κ1) is 18.7. The van der Waals surface area contributed by atoms with Crippen LogP contribution < -0.4 is 10.1 Å². The molecule has 0 unspecified atom stereocenters. The van der Waals surface area contributed by atoms with Gasteiger partial charge < -0.3 is 14.6 Å². The summed E-state index contributed by atoms with van der Waals surface area (Å²) in [5.41, 5.74) is 2.38. The third-order valence-corrected chi connectivity index (χ3v) is 4.30. The molecule has 0 spiro atoms. The fourth-order valence-corrected chi connectivity index (χ4v) is 2.74. The fourth-order valence-electron chi connectivity index (χ4n) is 2.74. The van der Waals surface area contributed by atoms with Crippen LogP contribution in [0.15, 0.2) is 67.3 Å². The van der Waals surface area contributed by atoms with E-state index in [0.717, 1.165) is 30.9 Å². The molecule has 0 aliphatic rings. The second kappa shape index (κ2) is 9.57. The van der Waals surface area contributed by atoms with Crippen LogP contribution in [0, 0.1) is 6.92 Å². The number of imidazole rings is 1. The Hall–Kier alpha value is -3.08. The van der Waals surface area contributed by atoms with Gasteiger partial charge in [-0.05, 0) is 49.6 Å². The highest BCUT2D eigenvalue weighted by atomic mass is 16.5. The highest BCUT2D eigenvalue weighted by molar-refractivity contribution is 5.75. The molecule has 1 heterocycles. The molecule has 2 aromatic carbocycles. The molecule has 5 heteroatoms. The first-order valence-electron chi connectivity index (χ1n) is 9.25. The number of nitrogens with one attached hydrogen (secondary N) is 1. The van der Waals surface area contributed by atoms with Gasteiger partial charge in [-0.2, -0.15) is 0 Å². The monoisotopic (exact) mass is 363 g/mol. The molecule has 0 fully saturated rings. The van der Waals surface area contributed by atoms with Gasteiger partial charge in [0.15, 0.2) is 0 Å². The number of aromatic nitrogens is 2. The van der Waals surface area contributed by atoms with Gasteiger partial charge in [0, 0.05) is 31.9 Å². The summed E-state index contributed by atoms with van der Waals surface area (Å²) in [5.74, 6) is 1.73. The maximum atomic E-state index is 11.9. The van der Waals surface area contributed by atoms with Gasteiger partial charge in [0.1, 0.15) is 11.5 Å². The van der Waals surface area contributed by atoms with Gasteiger partial charge in [0.25, 0.3) is 0 Å². The third kappa shape index (κ3) is 6.29. The van der Waals surface area contributed by atoms with Crippen molar-refractivity contribution in [1.82, 2.24) is 14.9 Å². The van der Waals surface area contributed by atoms with Gasteiger partial charge in [-0.1, -0.05) is 29.8 Å². The van der Waals surface area contributed by atoms with E-state index in [4.69, 9.17) is 4.74 Å². The number of amides is 1. The number of carbonyl (C=O) groups is 1. The Morgan fingerprint density at radius 1 is 1.07 bits per heavy atom. The van der Waals surface area contributed by atoms with Crippen molar-refractivity contribution in [2.45, 2.75) is 32.7 Å². The van der Waals surface area contributed by atoms with E-state index in [0.29, 0.717) is 13.0 Å². The molecule has 0 bridgehead atoms. The van der Waals surface area contributed by atoms with E-state index in [9.17, 15) is 4.79 Å². The summed E-state index contributed by atoms with van der Waals surface area (Å²) in [6.07, 6.45) is 7.57. The summed E-state index contributed by atoms with van der Waals surface area (Å²) >= 11 is 0. The van der Waals surface area contributed by atoms with E-state index >= 15 is 0 Å². The normalized spacial score (nSPS) is 10.6. The number of hydrogen-bond donors (Lipinski definition) is 1. The van der Waals surface area contributed by atoms with E-state index < -0.39 is 0 Å². The average molecular weight is 363 g/mol. The topological polar surface area (TPSA) is 56.1 Å². The second-order valence-corrected chi connectivity index (χ2v) is 6.56. The molecule has 0 saturated carbocycles. The molecule has 1 N–H and O–H groups in total. The highest BCUT2D eigenvalue weighted by Crippen LogP contribution is 2.22. The van der Waals surface area contributed by atoms with Crippen molar-refractivity contribution in [1.29, 1.82) is 0 Å². The second-order valence-electron chi connectivity index (χ2n) is 6.56. The largest absolute Gasteiger partial charge is 0.457 e.